The standard InChI is InChI=1S/C24H19Br6O3Si/c1-31-21-15(25)6-12(7-16(21)26)24(4-5-34,13-8-17(27)22(32-2)18(28)9-13)14-10-19(29)23(33-3)20(30)11-14/h6-11H,4-5H2,1-3H3. The molecular formula is C24H19Br6O3Si. The van der Waals surface area contributed by atoms with Crippen LogP contribution >= 0.6 is 95.6 Å². The Balaban J connectivity index is 2.49. The highest BCUT2D eigenvalue weighted by molar-refractivity contribution is 9.11. The van der Waals surface area contributed by atoms with Crippen molar-refractivity contribution in [3.8, 4) is 17.2 Å². The molecule has 0 atom stereocenters. The highest BCUT2D eigenvalue weighted by atomic mass is 79.9. The highest BCUT2D eigenvalue weighted by Gasteiger charge is 2.38. The molecule has 0 saturated heterocycles. The summed E-state index contributed by atoms with van der Waals surface area (Å²) in [5.41, 5.74) is 2.70. The van der Waals surface area contributed by atoms with Gasteiger partial charge in [-0.25, -0.2) is 0 Å². The number of halogens is 6. The maximum Gasteiger partial charge on any atom is 0.147 e. The molecule has 0 aromatic heterocycles. The minimum atomic E-state index is -0.548. The van der Waals surface area contributed by atoms with Gasteiger partial charge in [0, 0.05) is 15.7 Å². The summed E-state index contributed by atoms with van der Waals surface area (Å²) >= 11 is 22.2. The summed E-state index contributed by atoms with van der Waals surface area (Å²) in [6, 6.07) is 13.4. The molecule has 3 aromatic rings. The predicted octanol–water partition coefficient (Wildman–Crippen LogP) is 9.60. The van der Waals surface area contributed by atoms with Crippen LogP contribution in [0.2, 0.25) is 6.04 Å². The molecule has 0 bridgehead atoms. The van der Waals surface area contributed by atoms with Crippen LogP contribution in [0.15, 0.2) is 63.2 Å². The Morgan fingerprint density at radius 2 is 0.794 bits per heavy atom. The number of rotatable bonds is 8. The lowest BCUT2D eigenvalue weighted by Gasteiger charge is -2.37. The predicted molar refractivity (Wildman–Crippen MR) is 160 cm³/mol. The molecule has 3 radical (unpaired) electrons. The molecule has 10 heteroatoms. The van der Waals surface area contributed by atoms with Gasteiger partial charge in [0.1, 0.15) is 17.2 Å². The lowest BCUT2D eigenvalue weighted by molar-refractivity contribution is 0.407. The van der Waals surface area contributed by atoms with Crippen molar-refractivity contribution in [3.63, 3.8) is 0 Å². The SMILES string of the molecule is COc1c(Br)cc(C(CC[Si])(c2cc(Br)c(OC)c(Br)c2)c2cc(Br)c(OC)c(Br)c2)cc1Br. The Bertz CT molecular complexity index is 1000. The quantitative estimate of drug-likeness (QED) is 0.167. The summed E-state index contributed by atoms with van der Waals surface area (Å²) in [6.45, 7) is 0. The van der Waals surface area contributed by atoms with E-state index in [-0.39, 0.29) is 0 Å². The first kappa shape index (κ1) is 28.7. The molecule has 34 heavy (non-hydrogen) atoms. The van der Waals surface area contributed by atoms with Crippen molar-refractivity contribution in [1.82, 2.24) is 0 Å². The van der Waals surface area contributed by atoms with Gasteiger partial charge < -0.3 is 14.2 Å². The third-order valence-corrected chi connectivity index (χ3v) is 9.37. The van der Waals surface area contributed by atoms with Gasteiger partial charge in [-0.15, -0.1) is 0 Å². The number of hydrogen-bond acceptors (Lipinski definition) is 3. The number of methoxy groups -OCH3 is 3. The second kappa shape index (κ2) is 12.1. The average Bonchev–Trinajstić information content (AvgIpc) is 2.76. The first-order valence-electron chi connectivity index (χ1n) is 9.89. The second-order valence-electron chi connectivity index (χ2n) is 7.32. The van der Waals surface area contributed by atoms with E-state index in [0.717, 1.165) is 73.2 Å². The van der Waals surface area contributed by atoms with Gasteiger partial charge in [0.25, 0.3) is 0 Å². The largest absolute Gasteiger partial charge is 0.494 e. The molecule has 0 aliphatic heterocycles. The average molecular weight is 863 g/mol. The minimum Gasteiger partial charge on any atom is -0.494 e. The van der Waals surface area contributed by atoms with Gasteiger partial charge in [-0.2, -0.15) is 0 Å². The zero-order valence-electron chi connectivity index (χ0n) is 18.4. The van der Waals surface area contributed by atoms with Gasteiger partial charge in [-0.3, -0.25) is 0 Å². The van der Waals surface area contributed by atoms with Crippen LogP contribution in [-0.4, -0.2) is 31.6 Å². The Kier molecular flexibility index (Phi) is 10.3. The van der Waals surface area contributed by atoms with E-state index in [0.29, 0.717) is 0 Å². The summed E-state index contributed by atoms with van der Waals surface area (Å²) in [6.07, 6.45) is 0.769. The van der Waals surface area contributed by atoms with Gasteiger partial charge in [-0.05, 0) is 155 Å². The number of ether oxygens (including phenoxy) is 3. The van der Waals surface area contributed by atoms with Crippen LogP contribution in [0.1, 0.15) is 23.1 Å². The molecule has 3 rings (SSSR count). The Morgan fingerprint density at radius 3 is 0.971 bits per heavy atom. The lowest BCUT2D eigenvalue weighted by atomic mass is 9.67. The maximum absolute atomic E-state index is 5.59. The number of hydrogen-bond donors (Lipinski definition) is 0. The van der Waals surface area contributed by atoms with Crippen LogP contribution in [0, 0.1) is 0 Å². The van der Waals surface area contributed by atoms with Gasteiger partial charge in [0.05, 0.1) is 48.2 Å². The minimum absolute atomic E-state index is 0.548. The fourth-order valence-electron chi connectivity index (χ4n) is 4.12. The fraction of sp³-hybridized carbons (Fsp3) is 0.250. The monoisotopic (exact) mass is 857 g/mol. The third kappa shape index (κ3) is 5.38. The van der Waals surface area contributed by atoms with Crippen LogP contribution in [0.3, 0.4) is 0 Å². The summed E-state index contributed by atoms with van der Waals surface area (Å²) in [7, 11) is 8.76. The van der Waals surface area contributed by atoms with Gasteiger partial charge >= 0.3 is 0 Å². The van der Waals surface area contributed by atoms with Crippen molar-refractivity contribution in [2.75, 3.05) is 21.3 Å². The summed E-state index contributed by atoms with van der Waals surface area (Å²) in [4.78, 5) is 0. The molecule has 0 aliphatic rings. The molecule has 179 valence electrons. The van der Waals surface area contributed by atoms with E-state index in [4.69, 9.17) is 14.2 Å². The zero-order chi connectivity index (χ0) is 25.2. The van der Waals surface area contributed by atoms with Crippen LogP contribution in [0.4, 0.5) is 0 Å². The van der Waals surface area contributed by atoms with Crippen molar-refractivity contribution in [2.24, 2.45) is 0 Å². The molecule has 0 fully saturated rings. The van der Waals surface area contributed by atoms with Crippen molar-refractivity contribution in [2.45, 2.75) is 17.9 Å². The van der Waals surface area contributed by atoms with Crippen molar-refractivity contribution < 1.29 is 14.2 Å². The molecule has 0 spiro atoms. The van der Waals surface area contributed by atoms with Crippen LogP contribution < -0.4 is 14.2 Å². The Morgan fingerprint density at radius 1 is 0.559 bits per heavy atom. The van der Waals surface area contributed by atoms with Crippen molar-refractivity contribution in [3.05, 3.63) is 79.9 Å². The third-order valence-electron chi connectivity index (χ3n) is 5.59. The molecular weight excluding hydrogens is 844 g/mol. The summed E-state index contributed by atoms with van der Waals surface area (Å²) in [5, 5.41) is 0. The van der Waals surface area contributed by atoms with Crippen LogP contribution in [0.25, 0.3) is 0 Å². The summed E-state index contributed by atoms with van der Waals surface area (Å²) < 4.78 is 21.9. The molecule has 0 unspecified atom stereocenters. The van der Waals surface area contributed by atoms with Crippen LogP contribution in [-0.2, 0) is 5.41 Å². The van der Waals surface area contributed by atoms with E-state index in [9.17, 15) is 0 Å². The second-order valence-corrected chi connectivity index (χ2v) is 13.0. The van der Waals surface area contributed by atoms with Gasteiger partial charge in [0.2, 0.25) is 0 Å². The van der Waals surface area contributed by atoms with E-state index >= 15 is 0 Å². The molecule has 3 aromatic carbocycles. The highest BCUT2D eigenvalue weighted by Crippen LogP contribution is 2.51. The van der Waals surface area contributed by atoms with Gasteiger partial charge in [-0.1, -0.05) is 6.04 Å². The molecule has 3 nitrogen and oxygen atoms in total. The zero-order valence-corrected chi connectivity index (χ0v) is 28.9. The molecule has 0 N–H and O–H groups in total. The van der Waals surface area contributed by atoms with E-state index in [1.54, 1.807) is 21.3 Å². The van der Waals surface area contributed by atoms with E-state index in [2.05, 4.69) is 142 Å². The van der Waals surface area contributed by atoms with Crippen LogP contribution in [0.5, 0.6) is 17.2 Å². The molecule has 0 aliphatic carbocycles. The van der Waals surface area contributed by atoms with Gasteiger partial charge in [0.15, 0.2) is 0 Å². The Labute approximate surface area is 253 Å². The smallest absolute Gasteiger partial charge is 0.147 e. The Hall–Kier alpha value is 0.157. The first-order chi connectivity index (χ1) is 16.1. The molecule has 0 amide bonds. The van der Waals surface area contributed by atoms with E-state index in [1.807, 2.05) is 0 Å². The van der Waals surface area contributed by atoms with E-state index in [1.165, 1.54) is 0 Å². The van der Waals surface area contributed by atoms with Crippen molar-refractivity contribution >= 4 is 106 Å². The first-order valence-corrected chi connectivity index (χ1v) is 15.4. The molecule has 0 heterocycles. The number of benzene rings is 3. The maximum atomic E-state index is 5.59. The fourth-order valence-corrected chi connectivity index (χ4v) is 9.03. The molecule has 0 saturated carbocycles. The topological polar surface area (TPSA) is 27.7 Å². The summed E-state index contributed by atoms with van der Waals surface area (Å²) in [5.74, 6) is 2.22. The normalized spacial score (nSPS) is 11.5. The van der Waals surface area contributed by atoms with E-state index < -0.39 is 5.41 Å². The van der Waals surface area contributed by atoms with Crippen molar-refractivity contribution in [1.29, 1.82) is 0 Å². The lowest BCUT2D eigenvalue weighted by Crippen LogP contribution is -2.30.